The molecule has 1 N–H and O–H groups in total. The summed E-state index contributed by atoms with van der Waals surface area (Å²) in [4.78, 5) is 2.45. The van der Waals surface area contributed by atoms with Gasteiger partial charge < -0.3 is 10.0 Å². The summed E-state index contributed by atoms with van der Waals surface area (Å²) in [5, 5.41) is 10.4. The molecule has 1 saturated carbocycles. The number of hydrogen-bond donors (Lipinski definition) is 1. The molecule has 124 valence electrons. The Bertz CT molecular complexity index is 420. The summed E-state index contributed by atoms with van der Waals surface area (Å²) in [6.07, 6.45) is 8.41. The summed E-state index contributed by atoms with van der Waals surface area (Å²) < 4.78 is 0. The van der Waals surface area contributed by atoms with E-state index in [0.717, 1.165) is 31.0 Å². The lowest BCUT2D eigenvalue weighted by atomic mass is 9.94. The van der Waals surface area contributed by atoms with Crippen molar-refractivity contribution in [1.82, 2.24) is 4.90 Å². The molecule has 1 aliphatic rings. The Balaban J connectivity index is 1.79. The maximum atomic E-state index is 10.4. The first-order valence-electron chi connectivity index (χ1n) is 9.03. The van der Waals surface area contributed by atoms with E-state index in [2.05, 4.69) is 50.1 Å². The first-order chi connectivity index (χ1) is 10.6. The van der Waals surface area contributed by atoms with Gasteiger partial charge in [-0.15, -0.1) is 0 Å². The van der Waals surface area contributed by atoms with E-state index in [1.807, 2.05) is 0 Å². The molecule has 0 amide bonds. The number of nitrogens with zero attached hydrogens (tertiary/aromatic N) is 1. The van der Waals surface area contributed by atoms with E-state index in [-0.39, 0.29) is 6.10 Å². The highest BCUT2D eigenvalue weighted by Crippen LogP contribution is 2.24. The lowest BCUT2D eigenvalue weighted by Gasteiger charge is -2.31. The maximum Gasteiger partial charge on any atom is 0.0802 e. The molecule has 0 aromatic heterocycles. The monoisotopic (exact) mass is 303 g/mol. The normalized spacial score (nSPS) is 18.1. The zero-order valence-corrected chi connectivity index (χ0v) is 14.6. The van der Waals surface area contributed by atoms with Gasteiger partial charge in [0.05, 0.1) is 6.10 Å². The van der Waals surface area contributed by atoms with Crippen LogP contribution in [0.25, 0.3) is 0 Å². The van der Waals surface area contributed by atoms with Gasteiger partial charge in [0.1, 0.15) is 0 Å². The minimum Gasteiger partial charge on any atom is -0.388 e. The molecule has 0 saturated heterocycles. The first-order valence-corrected chi connectivity index (χ1v) is 9.03. The van der Waals surface area contributed by atoms with Crippen LogP contribution in [0, 0.1) is 5.92 Å². The SMILES string of the molecule is CC(C)Cc1ccc(C(O)CCN(C)C2CCCCC2)cc1. The molecule has 0 aliphatic heterocycles. The third-order valence-corrected chi connectivity index (χ3v) is 4.96. The Morgan fingerprint density at radius 1 is 1.09 bits per heavy atom. The summed E-state index contributed by atoms with van der Waals surface area (Å²) in [6, 6.07) is 9.27. The van der Waals surface area contributed by atoms with Crippen LogP contribution in [-0.4, -0.2) is 29.6 Å². The topological polar surface area (TPSA) is 23.5 Å². The van der Waals surface area contributed by atoms with Crippen molar-refractivity contribution in [1.29, 1.82) is 0 Å². The second-order valence-corrected chi connectivity index (χ2v) is 7.42. The van der Waals surface area contributed by atoms with E-state index in [1.54, 1.807) is 0 Å². The van der Waals surface area contributed by atoms with Crippen LogP contribution >= 0.6 is 0 Å². The molecular weight excluding hydrogens is 270 g/mol. The van der Waals surface area contributed by atoms with Gasteiger partial charge in [-0.2, -0.15) is 0 Å². The quantitative estimate of drug-likeness (QED) is 0.797. The molecule has 2 nitrogen and oxygen atoms in total. The molecule has 0 heterocycles. The standard InChI is InChI=1S/C20H33NO/c1-16(2)15-17-9-11-18(12-10-17)20(22)13-14-21(3)19-7-5-4-6-8-19/h9-12,16,19-20,22H,4-8,13-15H2,1-3H3. The molecule has 0 spiro atoms. The van der Waals surface area contributed by atoms with Gasteiger partial charge in [-0.1, -0.05) is 57.4 Å². The summed E-state index contributed by atoms with van der Waals surface area (Å²) in [5.74, 6) is 0.680. The second kappa shape index (κ2) is 8.69. The molecule has 1 unspecified atom stereocenters. The van der Waals surface area contributed by atoms with Crippen LogP contribution < -0.4 is 0 Å². The van der Waals surface area contributed by atoms with Crippen LogP contribution in [0.5, 0.6) is 0 Å². The number of hydrogen-bond acceptors (Lipinski definition) is 2. The highest BCUT2D eigenvalue weighted by molar-refractivity contribution is 5.24. The molecule has 0 radical (unpaired) electrons. The van der Waals surface area contributed by atoms with Crippen molar-refractivity contribution in [3.05, 3.63) is 35.4 Å². The molecule has 2 heteroatoms. The Morgan fingerprint density at radius 2 is 1.73 bits per heavy atom. The van der Waals surface area contributed by atoms with Gasteiger partial charge in [0.15, 0.2) is 0 Å². The molecule has 1 aliphatic carbocycles. The van der Waals surface area contributed by atoms with Crippen molar-refractivity contribution in [2.45, 2.75) is 70.9 Å². The fourth-order valence-corrected chi connectivity index (χ4v) is 3.54. The summed E-state index contributed by atoms with van der Waals surface area (Å²) in [6.45, 7) is 5.47. The van der Waals surface area contributed by atoms with Gasteiger partial charge in [-0.3, -0.25) is 0 Å². The van der Waals surface area contributed by atoms with Gasteiger partial charge in [-0.25, -0.2) is 0 Å². The number of rotatable bonds is 7. The van der Waals surface area contributed by atoms with Crippen molar-refractivity contribution in [3.63, 3.8) is 0 Å². The van der Waals surface area contributed by atoms with Crippen molar-refractivity contribution < 1.29 is 5.11 Å². The average Bonchev–Trinajstić information content (AvgIpc) is 2.53. The van der Waals surface area contributed by atoms with Gasteiger partial charge in [0, 0.05) is 12.6 Å². The predicted octanol–water partition coefficient (Wildman–Crippen LogP) is 4.57. The lowest BCUT2D eigenvalue weighted by molar-refractivity contribution is 0.125. The van der Waals surface area contributed by atoms with Gasteiger partial charge in [0.2, 0.25) is 0 Å². The van der Waals surface area contributed by atoms with Gasteiger partial charge in [0.25, 0.3) is 0 Å². The summed E-state index contributed by atoms with van der Waals surface area (Å²) in [5.41, 5.74) is 2.43. The largest absolute Gasteiger partial charge is 0.388 e. The van der Waals surface area contributed by atoms with Crippen molar-refractivity contribution >= 4 is 0 Å². The minimum atomic E-state index is -0.334. The third kappa shape index (κ3) is 5.40. The zero-order valence-electron chi connectivity index (χ0n) is 14.6. The van der Waals surface area contributed by atoms with Gasteiger partial charge in [-0.05, 0) is 49.8 Å². The van der Waals surface area contributed by atoms with Crippen LogP contribution in [0.3, 0.4) is 0 Å². The van der Waals surface area contributed by atoms with Crippen LogP contribution in [0.15, 0.2) is 24.3 Å². The molecule has 1 aromatic carbocycles. The minimum absolute atomic E-state index is 0.334. The van der Waals surface area contributed by atoms with E-state index in [4.69, 9.17) is 0 Å². The molecule has 0 bridgehead atoms. The fraction of sp³-hybridized carbons (Fsp3) is 0.700. The van der Waals surface area contributed by atoms with E-state index in [0.29, 0.717) is 5.92 Å². The van der Waals surface area contributed by atoms with Crippen LogP contribution in [0.2, 0.25) is 0 Å². The number of benzene rings is 1. The molecule has 1 atom stereocenters. The molecule has 1 fully saturated rings. The lowest BCUT2D eigenvalue weighted by Crippen LogP contribution is -2.34. The molecule has 22 heavy (non-hydrogen) atoms. The molecular formula is C20H33NO. The predicted molar refractivity (Wildman–Crippen MR) is 94.1 cm³/mol. The molecule has 2 rings (SSSR count). The van der Waals surface area contributed by atoms with Crippen molar-refractivity contribution in [2.24, 2.45) is 5.92 Å². The Kier molecular flexibility index (Phi) is 6.91. The molecule has 1 aromatic rings. The van der Waals surface area contributed by atoms with Crippen molar-refractivity contribution in [2.75, 3.05) is 13.6 Å². The van der Waals surface area contributed by atoms with Crippen LogP contribution in [-0.2, 0) is 6.42 Å². The summed E-state index contributed by atoms with van der Waals surface area (Å²) >= 11 is 0. The van der Waals surface area contributed by atoms with Crippen LogP contribution in [0.1, 0.15) is 69.6 Å². The highest BCUT2D eigenvalue weighted by atomic mass is 16.3. The summed E-state index contributed by atoms with van der Waals surface area (Å²) in [7, 11) is 2.22. The van der Waals surface area contributed by atoms with E-state index in [1.165, 1.54) is 37.7 Å². The second-order valence-electron chi connectivity index (χ2n) is 7.42. The van der Waals surface area contributed by atoms with Gasteiger partial charge >= 0.3 is 0 Å². The maximum absolute atomic E-state index is 10.4. The van der Waals surface area contributed by atoms with E-state index >= 15 is 0 Å². The van der Waals surface area contributed by atoms with E-state index < -0.39 is 0 Å². The van der Waals surface area contributed by atoms with E-state index in [9.17, 15) is 5.11 Å². The Morgan fingerprint density at radius 3 is 2.32 bits per heavy atom. The third-order valence-electron chi connectivity index (χ3n) is 4.96. The smallest absolute Gasteiger partial charge is 0.0802 e. The number of aliphatic hydroxyl groups excluding tert-OH is 1. The number of aliphatic hydroxyl groups is 1. The van der Waals surface area contributed by atoms with Crippen LogP contribution in [0.4, 0.5) is 0 Å². The van der Waals surface area contributed by atoms with Crippen molar-refractivity contribution in [3.8, 4) is 0 Å². The Labute approximate surface area is 136 Å². The average molecular weight is 303 g/mol. The Hall–Kier alpha value is -0.860. The fourth-order valence-electron chi connectivity index (χ4n) is 3.54. The zero-order chi connectivity index (χ0) is 15.9. The highest BCUT2D eigenvalue weighted by Gasteiger charge is 2.18. The first kappa shape index (κ1) is 17.5.